The molecule has 1 aromatic rings. The van der Waals surface area contributed by atoms with Crippen molar-refractivity contribution in [3.05, 3.63) is 29.3 Å². The van der Waals surface area contributed by atoms with Gasteiger partial charge in [0, 0.05) is 12.2 Å². The minimum Gasteiger partial charge on any atom is -0.385 e. The summed E-state index contributed by atoms with van der Waals surface area (Å²) in [6.45, 7) is 7.83. The van der Waals surface area contributed by atoms with Crippen molar-refractivity contribution in [3.63, 3.8) is 0 Å². The average molecular weight is 203 g/mol. The van der Waals surface area contributed by atoms with E-state index in [9.17, 15) is 0 Å². The summed E-state index contributed by atoms with van der Waals surface area (Å²) in [6, 6.07) is 6.62. The quantitative estimate of drug-likeness (QED) is 0.788. The Morgan fingerprint density at radius 2 is 2.07 bits per heavy atom. The highest BCUT2D eigenvalue weighted by Crippen LogP contribution is 2.33. The van der Waals surface area contributed by atoms with Crippen LogP contribution in [0.3, 0.4) is 0 Å². The van der Waals surface area contributed by atoms with Crippen molar-refractivity contribution in [3.8, 4) is 0 Å². The molecule has 0 bridgehead atoms. The largest absolute Gasteiger partial charge is 0.385 e. The van der Waals surface area contributed by atoms with Crippen LogP contribution in [0.25, 0.3) is 0 Å². The van der Waals surface area contributed by atoms with E-state index in [0.29, 0.717) is 0 Å². The van der Waals surface area contributed by atoms with E-state index in [1.807, 2.05) is 0 Å². The molecule has 82 valence electrons. The predicted octanol–water partition coefficient (Wildman–Crippen LogP) is 3.76. The Morgan fingerprint density at radius 1 is 1.27 bits per heavy atom. The van der Waals surface area contributed by atoms with E-state index in [2.05, 4.69) is 44.3 Å². The fraction of sp³-hybridized carbons (Fsp3) is 0.571. The summed E-state index contributed by atoms with van der Waals surface area (Å²) in [4.78, 5) is 0. The molecule has 0 amide bonds. The van der Waals surface area contributed by atoms with E-state index in [1.54, 1.807) is 0 Å². The van der Waals surface area contributed by atoms with Gasteiger partial charge in [0.05, 0.1) is 0 Å². The van der Waals surface area contributed by atoms with E-state index < -0.39 is 0 Å². The molecule has 0 aromatic heterocycles. The van der Waals surface area contributed by atoms with Crippen LogP contribution in [0.15, 0.2) is 18.2 Å². The summed E-state index contributed by atoms with van der Waals surface area (Å²) in [5, 5.41) is 3.59. The van der Waals surface area contributed by atoms with Crippen molar-refractivity contribution in [2.75, 3.05) is 11.9 Å². The van der Waals surface area contributed by atoms with Crippen LogP contribution in [-0.4, -0.2) is 6.54 Å². The lowest BCUT2D eigenvalue weighted by Gasteiger charge is -2.34. The Labute approximate surface area is 92.9 Å². The summed E-state index contributed by atoms with van der Waals surface area (Å²) in [7, 11) is 0. The summed E-state index contributed by atoms with van der Waals surface area (Å²) in [5.41, 5.74) is 4.01. The lowest BCUT2D eigenvalue weighted by atomic mass is 9.75. The second-order valence-corrected chi connectivity index (χ2v) is 5.01. The van der Waals surface area contributed by atoms with Gasteiger partial charge in [0.15, 0.2) is 0 Å². The standard InChI is InChI=1S/C14H21N/c1-10-4-5-12(3)14(8-10)15-9-13-7-6-11(13)2/h4-5,8,11,13,15H,6-7,9H2,1-3H3/t11-,13-/m0/s1. The maximum atomic E-state index is 3.59. The number of nitrogens with one attached hydrogen (secondary N) is 1. The minimum absolute atomic E-state index is 0.893. The summed E-state index contributed by atoms with van der Waals surface area (Å²) in [5.74, 6) is 1.81. The molecule has 0 aliphatic heterocycles. The zero-order chi connectivity index (χ0) is 10.8. The van der Waals surface area contributed by atoms with Crippen LogP contribution in [0.1, 0.15) is 30.9 Å². The Kier molecular flexibility index (Phi) is 2.99. The number of aryl methyl sites for hydroxylation is 2. The van der Waals surface area contributed by atoms with Gasteiger partial charge >= 0.3 is 0 Å². The summed E-state index contributed by atoms with van der Waals surface area (Å²) >= 11 is 0. The van der Waals surface area contributed by atoms with Gasteiger partial charge in [-0.3, -0.25) is 0 Å². The normalized spacial score (nSPS) is 24.7. The molecule has 2 rings (SSSR count). The van der Waals surface area contributed by atoms with Crippen LogP contribution in [0, 0.1) is 25.7 Å². The fourth-order valence-electron chi connectivity index (χ4n) is 2.21. The second-order valence-electron chi connectivity index (χ2n) is 5.01. The lowest BCUT2D eigenvalue weighted by molar-refractivity contribution is 0.210. The first-order valence-corrected chi connectivity index (χ1v) is 5.98. The van der Waals surface area contributed by atoms with Gasteiger partial charge in [0.1, 0.15) is 0 Å². The molecule has 1 nitrogen and oxygen atoms in total. The molecule has 0 spiro atoms. The Morgan fingerprint density at radius 3 is 2.67 bits per heavy atom. The first-order chi connectivity index (χ1) is 7.16. The molecular weight excluding hydrogens is 182 g/mol. The molecule has 1 aromatic carbocycles. The fourth-order valence-corrected chi connectivity index (χ4v) is 2.21. The number of anilines is 1. The Bertz CT molecular complexity index is 343. The van der Waals surface area contributed by atoms with Gasteiger partial charge in [0.2, 0.25) is 0 Å². The highest BCUT2D eigenvalue weighted by atomic mass is 14.9. The average Bonchev–Trinajstić information content (AvgIpc) is 2.21. The molecule has 1 heteroatoms. The van der Waals surface area contributed by atoms with Gasteiger partial charge in [-0.15, -0.1) is 0 Å². The van der Waals surface area contributed by atoms with Crippen molar-refractivity contribution in [1.29, 1.82) is 0 Å². The van der Waals surface area contributed by atoms with Gasteiger partial charge in [-0.1, -0.05) is 25.5 Å². The van der Waals surface area contributed by atoms with Crippen LogP contribution >= 0.6 is 0 Å². The van der Waals surface area contributed by atoms with Crippen LogP contribution in [0.2, 0.25) is 0 Å². The van der Waals surface area contributed by atoms with Gasteiger partial charge in [-0.25, -0.2) is 0 Å². The number of benzene rings is 1. The highest BCUT2D eigenvalue weighted by molar-refractivity contribution is 5.52. The maximum absolute atomic E-state index is 3.59. The van der Waals surface area contributed by atoms with Crippen molar-refractivity contribution >= 4 is 5.69 Å². The predicted molar refractivity (Wildman–Crippen MR) is 66.3 cm³/mol. The van der Waals surface area contributed by atoms with E-state index >= 15 is 0 Å². The number of hydrogen-bond acceptors (Lipinski definition) is 1. The molecule has 1 saturated carbocycles. The molecule has 2 atom stereocenters. The molecule has 1 fully saturated rings. The topological polar surface area (TPSA) is 12.0 Å². The Balaban J connectivity index is 1.95. The van der Waals surface area contributed by atoms with Gasteiger partial charge in [0.25, 0.3) is 0 Å². The molecule has 1 N–H and O–H groups in total. The Hall–Kier alpha value is -0.980. The van der Waals surface area contributed by atoms with Gasteiger partial charge in [-0.2, -0.15) is 0 Å². The van der Waals surface area contributed by atoms with Crippen molar-refractivity contribution < 1.29 is 0 Å². The van der Waals surface area contributed by atoms with Gasteiger partial charge in [-0.05, 0) is 49.3 Å². The molecule has 0 radical (unpaired) electrons. The molecule has 1 aliphatic rings. The third kappa shape index (κ3) is 2.34. The zero-order valence-electron chi connectivity index (χ0n) is 10.0. The second kappa shape index (κ2) is 4.26. The molecule has 0 saturated heterocycles. The van der Waals surface area contributed by atoms with Gasteiger partial charge < -0.3 is 5.32 Å². The third-order valence-electron chi connectivity index (χ3n) is 3.75. The number of rotatable bonds is 3. The zero-order valence-corrected chi connectivity index (χ0v) is 10.0. The summed E-state index contributed by atoms with van der Waals surface area (Å²) < 4.78 is 0. The third-order valence-corrected chi connectivity index (χ3v) is 3.75. The first-order valence-electron chi connectivity index (χ1n) is 5.98. The van der Waals surface area contributed by atoms with Crippen LogP contribution in [-0.2, 0) is 0 Å². The minimum atomic E-state index is 0.893. The van der Waals surface area contributed by atoms with Crippen LogP contribution < -0.4 is 5.32 Å². The van der Waals surface area contributed by atoms with E-state index in [4.69, 9.17) is 0 Å². The van der Waals surface area contributed by atoms with Crippen LogP contribution in [0.4, 0.5) is 5.69 Å². The van der Waals surface area contributed by atoms with E-state index in [0.717, 1.165) is 18.4 Å². The smallest absolute Gasteiger partial charge is 0.0372 e. The highest BCUT2D eigenvalue weighted by Gasteiger charge is 2.26. The van der Waals surface area contributed by atoms with E-state index in [1.165, 1.54) is 29.7 Å². The van der Waals surface area contributed by atoms with Crippen LogP contribution in [0.5, 0.6) is 0 Å². The van der Waals surface area contributed by atoms with Crippen molar-refractivity contribution in [2.45, 2.75) is 33.6 Å². The molecule has 1 aliphatic carbocycles. The molecular formula is C14H21N. The molecule has 15 heavy (non-hydrogen) atoms. The molecule has 0 heterocycles. The SMILES string of the molecule is Cc1ccc(C)c(NC[C@@H]2CC[C@@H]2C)c1. The van der Waals surface area contributed by atoms with Crippen molar-refractivity contribution in [2.24, 2.45) is 11.8 Å². The first kappa shape index (κ1) is 10.5. The van der Waals surface area contributed by atoms with Crippen molar-refractivity contribution in [1.82, 2.24) is 0 Å². The lowest BCUT2D eigenvalue weighted by Crippen LogP contribution is -2.29. The molecule has 0 unspecified atom stereocenters. The maximum Gasteiger partial charge on any atom is 0.0372 e. The number of hydrogen-bond donors (Lipinski definition) is 1. The summed E-state index contributed by atoms with van der Waals surface area (Å²) in [6.07, 6.45) is 2.82. The van der Waals surface area contributed by atoms with E-state index in [-0.39, 0.29) is 0 Å². The monoisotopic (exact) mass is 203 g/mol.